The van der Waals surface area contributed by atoms with E-state index < -0.39 is 11.8 Å². The van der Waals surface area contributed by atoms with Crippen molar-refractivity contribution in [1.29, 1.82) is 0 Å². The van der Waals surface area contributed by atoms with Gasteiger partial charge in [0, 0.05) is 37.6 Å². The molecule has 0 radical (unpaired) electrons. The van der Waals surface area contributed by atoms with E-state index in [4.69, 9.17) is 4.74 Å². The quantitative estimate of drug-likeness (QED) is 0.848. The molecule has 0 saturated carbocycles. The first-order valence-corrected chi connectivity index (χ1v) is 8.47. The average Bonchev–Trinajstić information content (AvgIpc) is 2.98. The highest BCUT2D eigenvalue weighted by Gasteiger charge is 2.34. The Morgan fingerprint density at radius 3 is 2.86 bits per heavy atom. The van der Waals surface area contributed by atoms with E-state index in [0.29, 0.717) is 19.5 Å². The van der Waals surface area contributed by atoms with E-state index in [1.165, 1.54) is 4.88 Å². The van der Waals surface area contributed by atoms with Crippen molar-refractivity contribution in [2.45, 2.75) is 51.6 Å². The Kier molecular flexibility index (Phi) is 5.45. The van der Waals surface area contributed by atoms with Gasteiger partial charge in [-0.2, -0.15) is 0 Å². The van der Waals surface area contributed by atoms with Crippen LogP contribution >= 0.6 is 11.3 Å². The fourth-order valence-corrected chi connectivity index (χ4v) is 3.37. The van der Waals surface area contributed by atoms with Crippen molar-refractivity contribution >= 4 is 17.4 Å². The molecule has 1 aromatic heterocycles. The molecule has 1 saturated heterocycles. The summed E-state index contributed by atoms with van der Waals surface area (Å²) in [5, 5.41) is 2.03. The lowest BCUT2D eigenvalue weighted by Crippen LogP contribution is -2.42. The molecular formula is C16H25FN2O2S. The number of likely N-dealkylation sites (tertiary alicyclic amines) is 1. The van der Waals surface area contributed by atoms with Crippen molar-refractivity contribution in [2.24, 2.45) is 0 Å². The topological polar surface area (TPSA) is 32.8 Å². The minimum Gasteiger partial charge on any atom is -0.444 e. The van der Waals surface area contributed by atoms with Gasteiger partial charge in [-0.05, 0) is 38.6 Å². The molecule has 2 heterocycles. The van der Waals surface area contributed by atoms with Crippen molar-refractivity contribution in [3.63, 3.8) is 0 Å². The third-order valence-electron chi connectivity index (χ3n) is 3.61. The molecule has 2 rings (SSSR count). The Hall–Kier alpha value is -1.14. The summed E-state index contributed by atoms with van der Waals surface area (Å²) in [5.41, 5.74) is -0.514. The lowest BCUT2D eigenvalue weighted by atomic mass is 10.2. The summed E-state index contributed by atoms with van der Waals surface area (Å²) in [4.78, 5) is 16.9. The van der Waals surface area contributed by atoms with Gasteiger partial charge >= 0.3 is 6.09 Å². The number of ether oxygens (including phenoxy) is 1. The van der Waals surface area contributed by atoms with E-state index in [2.05, 4.69) is 11.0 Å². The first kappa shape index (κ1) is 17.2. The largest absolute Gasteiger partial charge is 0.444 e. The maximum atomic E-state index is 13.8. The summed E-state index contributed by atoms with van der Waals surface area (Å²) in [6.45, 7) is 7.19. The summed E-state index contributed by atoms with van der Waals surface area (Å²) >= 11 is 1.68. The molecule has 1 aliphatic rings. The van der Waals surface area contributed by atoms with Gasteiger partial charge in [-0.3, -0.25) is 4.90 Å². The smallest absolute Gasteiger partial charge is 0.410 e. The Bertz CT molecular complexity index is 487. The Balaban J connectivity index is 1.92. The number of nitrogens with zero attached hydrogens (tertiary/aromatic N) is 2. The highest BCUT2D eigenvalue weighted by molar-refractivity contribution is 7.09. The number of hydrogen-bond acceptors (Lipinski definition) is 4. The molecular weight excluding hydrogens is 303 g/mol. The fourth-order valence-electron chi connectivity index (χ4n) is 2.64. The Labute approximate surface area is 135 Å². The van der Waals surface area contributed by atoms with E-state index in [9.17, 15) is 9.18 Å². The fraction of sp³-hybridized carbons (Fsp3) is 0.688. The maximum absolute atomic E-state index is 13.8. The van der Waals surface area contributed by atoms with Gasteiger partial charge in [0.25, 0.3) is 0 Å². The third-order valence-corrected chi connectivity index (χ3v) is 4.47. The summed E-state index contributed by atoms with van der Waals surface area (Å²) in [6, 6.07) is 4.10. The van der Waals surface area contributed by atoms with Crippen molar-refractivity contribution < 1.29 is 13.9 Å². The molecule has 0 aromatic carbocycles. The normalized spacial score (nSPS) is 22.8. The zero-order chi connectivity index (χ0) is 16.3. The molecule has 22 heavy (non-hydrogen) atoms. The highest BCUT2D eigenvalue weighted by atomic mass is 32.1. The second kappa shape index (κ2) is 6.96. The first-order valence-electron chi connectivity index (χ1n) is 7.59. The number of rotatable bonds is 4. The van der Waals surface area contributed by atoms with Crippen LogP contribution in [0.2, 0.25) is 0 Å². The minimum atomic E-state index is -0.822. The van der Waals surface area contributed by atoms with Crippen LogP contribution in [0.25, 0.3) is 0 Å². The maximum Gasteiger partial charge on any atom is 0.410 e. The van der Waals surface area contributed by atoms with Gasteiger partial charge in [-0.1, -0.05) is 6.07 Å². The average molecular weight is 328 g/mol. The predicted molar refractivity (Wildman–Crippen MR) is 86.9 cm³/mol. The molecule has 4 nitrogen and oxygen atoms in total. The molecule has 1 aromatic rings. The minimum absolute atomic E-state index is 0.0367. The zero-order valence-electron chi connectivity index (χ0n) is 13.7. The molecule has 0 unspecified atom stereocenters. The SMILES string of the molecule is CN(C[C@@H]1C[C@H](F)CN1Cc1cccs1)C(=O)OC(C)(C)C. The molecule has 1 amide bonds. The van der Waals surface area contributed by atoms with E-state index in [0.717, 1.165) is 6.54 Å². The van der Waals surface area contributed by atoms with Gasteiger partial charge in [-0.15, -0.1) is 11.3 Å². The lowest BCUT2D eigenvalue weighted by Gasteiger charge is -2.29. The molecule has 0 N–H and O–H groups in total. The van der Waals surface area contributed by atoms with Gasteiger partial charge in [-0.25, -0.2) is 9.18 Å². The van der Waals surface area contributed by atoms with Crippen LogP contribution in [0.4, 0.5) is 9.18 Å². The van der Waals surface area contributed by atoms with Crippen LogP contribution in [0.1, 0.15) is 32.1 Å². The first-order chi connectivity index (χ1) is 10.2. The van der Waals surface area contributed by atoms with Crippen molar-refractivity contribution in [1.82, 2.24) is 9.80 Å². The summed E-state index contributed by atoms with van der Waals surface area (Å²) in [7, 11) is 1.71. The van der Waals surface area contributed by atoms with Crippen molar-refractivity contribution in [3.8, 4) is 0 Å². The van der Waals surface area contributed by atoms with Gasteiger partial charge in [0.2, 0.25) is 0 Å². The van der Waals surface area contributed by atoms with E-state index >= 15 is 0 Å². The van der Waals surface area contributed by atoms with Crippen molar-refractivity contribution in [3.05, 3.63) is 22.4 Å². The van der Waals surface area contributed by atoms with Crippen LogP contribution in [0, 0.1) is 0 Å². The zero-order valence-corrected chi connectivity index (χ0v) is 14.5. The molecule has 1 aliphatic heterocycles. The molecule has 6 heteroatoms. The number of carbonyl (C=O) groups is 1. The monoisotopic (exact) mass is 328 g/mol. The van der Waals surface area contributed by atoms with Gasteiger partial charge in [0.15, 0.2) is 0 Å². The molecule has 0 aliphatic carbocycles. The lowest BCUT2D eigenvalue weighted by molar-refractivity contribution is 0.0256. The van der Waals surface area contributed by atoms with E-state index in [-0.39, 0.29) is 12.1 Å². The van der Waals surface area contributed by atoms with E-state index in [1.807, 2.05) is 32.2 Å². The second-order valence-electron chi connectivity index (χ2n) is 6.86. The van der Waals surface area contributed by atoms with E-state index in [1.54, 1.807) is 23.3 Å². The third kappa shape index (κ3) is 4.95. The highest BCUT2D eigenvalue weighted by Crippen LogP contribution is 2.25. The molecule has 0 spiro atoms. The van der Waals surface area contributed by atoms with Crippen LogP contribution in [0.5, 0.6) is 0 Å². The summed E-state index contributed by atoms with van der Waals surface area (Å²) in [6.07, 6.45) is -0.707. The number of alkyl halides is 1. The van der Waals surface area contributed by atoms with Crippen LogP contribution in [0.15, 0.2) is 17.5 Å². The number of carbonyl (C=O) groups excluding carboxylic acids is 1. The number of amides is 1. The van der Waals surface area contributed by atoms with Gasteiger partial charge < -0.3 is 9.64 Å². The summed E-state index contributed by atoms with van der Waals surface area (Å²) in [5.74, 6) is 0. The molecule has 1 fully saturated rings. The molecule has 124 valence electrons. The van der Waals surface area contributed by atoms with Crippen LogP contribution in [-0.4, -0.2) is 53.8 Å². The van der Waals surface area contributed by atoms with Crippen LogP contribution in [-0.2, 0) is 11.3 Å². The van der Waals surface area contributed by atoms with Gasteiger partial charge in [0.1, 0.15) is 11.8 Å². The number of thiophene rings is 1. The van der Waals surface area contributed by atoms with Crippen LogP contribution in [0.3, 0.4) is 0 Å². The number of halogens is 1. The Morgan fingerprint density at radius 1 is 1.55 bits per heavy atom. The Morgan fingerprint density at radius 2 is 2.27 bits per heavy atom. The molecule has 2 atom stereocenters. The second-order valence-corrected chi connectivity index (χ2v) is 7.89. The van der Waals surface area contributed by atoms with Crippen molar-refractivity contribution in [2.75, 3.05) is 20.1 Å². The predicted octanol–water partition coefficient (Wildman–Crippen LogP) is 3.53. The standard InChI is InChI=1S/C16H25FN2O2S/c1-16(2,3)21-15(20)18(4)10-13-8-12(17)9-19(13)11-14-6-5-7-22-14/h5-7,12-13H,8-11H2,1-4H3/t12-,13-/m0/s1. The number of hydrogen-bond donors (Lipinski definition) is 0. The molecule has 0 bridgehead atoms. The number of likely N-dealkylation sites (N-methyl/N-ethyl adjacent to an activating group) is 1. The van der Waals surface area contributed by atoms with Crippen LogP contribution < -0.4 is 0 Å². The van der Waals surface area contributed by atoms with Gasteiger partial charge in [0.05, 0.1) is 0 Å². The summed E-state index contributed by atoms with van der Waals surface area (Å²) < 4.78 is 19.2.